The minimum Gasteiger partial charge on any atom is -0.508 e. The Labute approximate surface area is 148 Å². The van der Waals surface area contributed by atoms with Crippen molar-refractivity contribution in [2.75, 3.05) is 0 Å². The van der Waals surface area contributed by atoms with Gasteiger partial charge in [-0.05, 0) is 31.1 Å². The van der Waals surface area contributed by atoms with E-state index < -0.39 is 5.91 Å². The monoisotopic (exact) mass is 365 g/mol. The normalized spacial score (nSPS) is 16.9. The number of aliphatic hydroxyl groups is 1. The third-order valence-electron chi connectivity index (χ3n) is 3.61. The van der Waals surface area contributed by atoms with Crippen molar-refractivity contribution in [3.63, 3.8) is 0 Å². The molecule has 1 aromatic rings. The molecule has 0 radical (unpaired) electrons. The second-order valence-electron chi connectivity index (χ2n) is 5.20. The predicted molar refractivity (Wildman–Crippen MR) is 90.6 cm³/mol. The summed E-state index contributed by atoms with van der Waals surface area (Å²) in [5.74, 6) is -0.162. The highest BCUT2D eigenvalue weighted by atomic mass is 35.5. The van der Waals surface area contributed by atoms with Crippen LogP contribution in [0.25, 0.3) is 0 Å². The van der Waals surface area contributed by atoms with Crippen LogP contribution in [-0.4, -0.2) is 21.0 Å². The molecule has 2 N–H and O–H groups in total. The number of halogens is 2. The van der Waals surface area contributed by atoms with Crippen LogP contribution in [0.1, 0.15) is 23.2 Å². The van der Waals surface area contributed by atoms with E-state index in [4.69, 9.17) is 27.9 Å². The molecular weight excluding hydrogens is 353 g/mol. The number of allylic oxidation sites excluding steroid dienone is 3. The van der Waals surface area contributed by atoms with Crippen molar-refractivity contribution in [2.45, 2.75) is 12.8 Å². The molecule has 0 bridgehead atoms. The zero-order chi connectivity index (χ0) is 17.3. The third kappa shape index (κ3) is 3.13. The van der Waals surface area contributed by atoms with Gasteiger partial charge < -0.3 is 14.9 Å². The zero-order valence-electron chi connectivity index (χ0n) is 12.4. The molecule has 0 saturated heterocycles. The predicted octanol–water partition coefficient (Wildman–Crippen LogP) is 4.65. The first kappa shape index (κ1) is 16.5. The van der Waals surface area contributed by atoms with Crippen molar-refractivity contribution in [2.24, 2.45) is 0 Å². The van der Waals surface area contributed by atoms with E-state index in [2.05, 4.69) is 0 Å². The molecule has 1 amide bonds. The number of ether oxygens (including phenoxy) is 1. The number of aliphatic hydroxyl groups excluding tert-OH is 1. The molecule has 0 atom stereocenters. The number of phenolic OH excluding ortho intramolecular Hbond substituents is 1. The first-order valence-corrected chi connectivity index (χ1v) is 7.88. The quantitative estimate of drug-likeness (QED) is 0.800. The molecule has 1 aromatic carbocycles. The van der Waals surface area contributed by atoms with Crippen LogP contribution >= 0.6 is 23.2 Å². The fourth-order valence-electron chi connectivity index (χ4n) is 2.38. The van der Waals surface area contributed by atoms with Gasteiger partial charge in [0.25, 0.3) is 5.91 Å². The first-order valence-electron chi connectivity index (χ1n) is 7.12. The molecule has 0 aromatic heterocycles. The lowest BCUT2D eigenvalue weighted by molar-refractivity contribution is 0.0855. The maximum Gasteiger partial charge on any atom is 0.262 e. The third-order valence-corrected chi connectivity index (χ3v) is 4.19. The highest BCUT2D eigenvalue weighted by molar-refractivity contribution is 6.37. The van der Waals surface area contributed by atoms with E-state index in [0.29, 0.717) is 17.8 Å². The zero-order valence-corrected chi connectivity index (χ0v) is 13.9. The van der Waals surface area contributed by atoms with Crippen LogP contribution in [0.4, 0.5) is 0 Å². The maximum absolute atomic E-state index is 12.6. The molecule has 1 aliphatic carbocycles. The van der Waals surface area contributed by atoms with Crippen LogP contribution in [0.2, 0.25) is 10.0 Å². The first-order chi connectivity index (χ1) is 11.5. The maximum atomic E-state index is 12.6. The number of hydrogen-bond acceptors (Lipinski definition) is 4. The Morgan fingerprint density at radius 3 is 2.58 bits per heavy atom. The van der Waals surface area contributed by atoms with Crippen LogP contribution in [0, 0.1) is 0 Å². The van der Waals surface area contributed by atoms with E-state index in [0.717, 1.165) is 6.42 Å². The number of benzene rings is 1. The Kier molecular flexibility index (Phi) is 4.55. The van der Waals surface area contributed by atoms with E-state index >= 15 is 0 Å². The molecule has 5 nitrogen and oxygen atoms in total. The van der Waals surface area contributed by atoms with E-state index in [1.807, 2.05) is 6.08 Å². The number of phenols is 1. The minimum atomic E-state index is -0.401. The molecule has 0 saturated carbocycles. The van der Waals surface area contributed by atoms with Crippen molar-refractivity contribution in [3.05, 3.63) is 75.6 Å². The lowest BCUT2D eigenvalue weighted by Gasteiger charge is -2.22. The number of hydrogen-bond donors (Lipinski definition) is 2. The Hall–Kier alpha value is -2.37. The summed E-state index contributed by atoms with van der Waals surface area (Å²) in [6, 6.07) is 2.67. The van der Waals surface area contributed by atoms with Gasteiger partial charge in [-0.15, -0.1) is 0 Å². The molecule has 3 rings (SSSR count). The van der Waals surface area contributed by atoms with Gasteiger partial charge in [-0.3, -0.25) is 9.69 Å². The lowest BCUT2D eigenvalue weighted by atomic mass is 10.0. The number of nitrogens with zero attached hydrogens (tertiary/aromatic N) is 1. The SMILES string of the molecule is O=C(c1cc(Cl)c(O)c(Cl)c1)N1C=COC(C2=C(O)C=CCC2)=C1. The molecule has 7 heteroatoms. The minimum absolute atomic E-state index is 0.00920. The van der Waals surface area contributed by atoms with Gasteiger partial charge in [-0.25, -0.2) is 0 Å². The molecule has 0 unspecified atom stereocenters. The van der Waals surface area contributed by atoms with E-state index in [9.17, 15) is 15.0 Å². The van der Waals surface area contributed by atoms with Crippen LogP contribution in [0.15, 0.2) is 60.0 Å². The molecule has 2 aliphatic rings. The number of aromatic hydroxyl groups is 1. The Balaban J connectivity index is 1.92. The second-order valence-corrected chi connectivity index (χ2v) is 6.02. The van der Waals surface area contributed by atoms with Crippen LogP contribution in [-0.2, 0) is 4.74 Å². The number of carbonyl (C=O) groups excluding carboxylic acids is 1. The van der Waals surface area contributed by atoms with Gasteiger partial charge in [-0.2, -0.15) is 0 Å². The average Bonchev–Trinajstić information content (AvgIpc) is 2.59. The van der Waals surface area contributed by atoms with E-state index in [1.54, 1.807) is 6.08 Å². The van der Waals surface area contributed by atoms with Gasteiger partial charge in [0, 0.05) is 17.3 Å². The van der Waals surface area contributed by atoms with Gasteiger partial charge in [0.2, 0.25) is 0 Å². The summed E-state index contributed by atoms with van der Waals surface area (Å²) < 4.78 is 5.41. The highest BCUT2D eigenvalue weighted by Crippen LogP contribution is 2.34. The molecule has 0 fully saturated rings. The van der Waals surface area contributed by atoms with Crippen molar-refractivity contribution < 1.29 is 19.7 Å². The molecule has 24 heavy (non-hydrogen) atoms. The highest BCUT2D eigenvalue weighted by Gasteiger charge is 2.22. The van der Waals surface area contributed by atoms with Crippen molar-refractivity contribution in [3.8, 4) is 5.75 Å². The second kappa shape index (κ2) is 6.63. The number of rotatable bonds is 2. The Morgan fingerprint density at radius 1 is 1.21 bits per heavy atom. The van der Waals surface area contributed by atoms with Crippen LogP contribution in [0.3, 0.4) is 0 Å². The van der Waals surface area contributed by atoms with E-state index in [1.165, 1.54) is 35.7 Å². The number of carbonyl (C=O) groups is 1. The summed E-state index contributed by atoms with van der Waals surface area (Å²) in [5, 5.41) is 19.5. The van der Waals surface area contributed by atoms with Gasteiger partial charge >= 0.3 is 0 Å². The van der Waals surface area contributed by atoms with Crippen LogP contribution in [0.5, 0.6) is 5.75 Å². The molecular formula is C17H13Cl2NO4. The summed E-state index contributed by atoms with van der Waals surface area (Å²) in [6.07, 6.45) is 9.14. The lowest BCUT2D eigenvalue weighted by Crippen LogP contribution is -2.23. The largest absolute Gasteiger partial charge is 0.508 e. The Morgan fingerprint density at radius 2 is 1.92 bits per heavy atom. The van der Waals surface area contributed by atoms with Gasteiger partial charge in [0.15, 0.2) is 5.75 Å². The molecule has 124 valence electrons. The molecule has 0 spiro atoms. The topological polar surface area (TPSA) is 70.0 Å². The number of amides is 1. The van der Waals surface area contributed by atoms with Crippen molar-refractivity contribution in [1.29, 1.82) is 0 Å². The molecule has 1 aliphatic heterocycles. The summed E-state index contributed by atoms with van der Waals surface area (Å²) in [5.41, 5.74) is 0.841. The fourth-order valence-corrected chi connectivity index (χ4v) is 2.87. The van der Waals surface area contributed by atoms with Crippen molar-refractivity contribution in [1.82, 2.24) is 4.90 Å². The van der Waals surface area contributed by atoms with Gasteiger partial charge in [-0.1, -0.05) is 29.3 Å². The Bertz CT molecular complexity index is 801. The summed E-state index contributed by atoms with van der Waals surface area (Å²) in [7, 11) is 0. The van der Waals surface area contributed by atoms with Gasteiger partial charge in [0.1, 0.15) is 17.8 Å². The smallest absolute Gasteiger partial charge is 0.262 e. The summed E-state index contributed by atoms with van der Waals surface area (Å²) >= 11 is 11.7. The molecule has 1 heterocycles. The van der Waals surface area contributed by atoms with Crippen LogP contribution < -0.4 is 0 Å². The standard InChI is InChI=1S/C17H13Cl2NO4/c18-12-7-10(8-13(19)16(12)22)17(23)20-5-6-24-15(9-20)11-3-1-2-4-14(11)21/h2,4-9,21-22H,1,3H2. The summed E-state index contributed by atoms with van der Waals surface area (Å²) in [6.45, 7) is 0. The van der Waals surface area contributed by atoms with Crippen molar-refractivity contribution >= 4 is 29.1 Å². The summed E-state index contributed by atoms with van der Waals surface area (Å²) in [4.78, 5) is 13.9. The van der Waals surface area contributed by atoms with E-state index in [-0.39, 0.29) is 27.1 Å². The van der Waals surface area contributed by atoms with Gasteiger partial charge in [0.05, 0.1) is 16.2 Å². The average molecular weight is 366 g/mol. The fraction of sp³-hybridized carbons (Fsp3) is 0.118.